The Hall–Kier alpha value is -1.81. The quantitative estimate of drug-likeness (QED) is 0.732. The molecule has 1 heterocycles. The van der Waals surface area contributed by atoms with E-state index in [0.29, 0.717) is 21.7 Å². The fourth-order valence-corrected chi connectivity index (χ4v) is 1.89. The zero-order chi connectivity index (χ0) is 12.7. The third-order valence-corrected chi connectivity index (χ3v) is 3.19. The Morgan fingerprint density at radius 3 is 2.76 bits per heavy atom. The normalized spacial score (nSPS) is 10.8. The lowest BCUT2D eigenvalue weighted by Crippen LogP contribution is -2.20. The van der Waals surface area contributed by atoms with Crippen LogP contribution in [0.1, 0.15) is 15.9 Å². The summed E-state index contributed by atoms with van der Waals surface area (Å²) in [5.74, 6) is -1.25. The average molecular weight is 252 g/mol. The van der Waals surface area contributed by atoms with Gasteiger partial charge in [-0.05, 0) is 31.6 Å². The van der Waals surface area contributed by atoms with Gasteiger partial charge in [-0.3, -0.25) is 4.79 Å². The fraction of sp³-hybridized carbons (Fsp3) is 0.167. The van der Waals surface area contributed by atoms with Crippen LogP contribution in [0.5, 0.6) is 0 Å². The summed E-state index contributed by atoms with van der Waals surface area (Å²) in [4.78, 5) is 23.2. The minimum atomic E-state index is -0.727. The lowest BCUT2D eigenvalue weighted by Gasteiger charge is -2.03. The molecule has 0 bridgehead atoms. The predicted octanol–water partition coefficient (Wildman–Crippen LogP) is 2.69. The number of carbonyl (C=O) groups is 1. The third-order valence-electron chi connectivity index (χ3n) is 2.61. The minimum absolute atomic E-state index is 0.334. The highest BCUT2D eigenvalue weighted by molar-refractivity contribution is 6.33. The van der Waals surface area contributed by atoms with E-state index in [1.54, 1.807) is 19.9 Å². The molecule has 0 radical (unpaired) electrons. The van der Waals surface area contributed by atoms with Gasteiger partial charge in [-0.15, -0.1) is 0 Å². The van der Waals surface area contributed by atoms with Crippen LogP contribution in [0.4, 0.5) is 0 Å². The molecular formula is C12H10ClNO3. The van der Waals surface area contributed by atoms with Crippen molar-refractivity contribution in [1.29, 1.82) is 0 Å². The van der Waals surface area contributed by atoms with E-state index in [1.165, 1.54) is 0 Å². The monoisotopic (exact) mass is 251 g/mol. The highest BCUT2D eigenvalue weighted by Crippen LogP contribution is 2.28. The summed E-state index contributed by atoms with van der Waals surface area (Å²) in [5, 5.41) is 0.532. The molecule has 0 unspecified atom stereocenters. The van der Waals surface area contributed by atoms with Crippen molar-refractivity contribution in [2.75, 3.05) is 0 Å². The molecule has 88 valence electrons. The molecule has 2 aromatic rings. The molecule has 1 aromatic carbocycles. The summed E-state index contributed by atoms with van der Waals surface area (Å²) in [6.07, 6.45) is 1.07. The van der Waals surface area contributed by atoms with E-state index in [-0.39, 0.29) is 0 Å². The van der Waals surface area contributed by atoms with Crippen molar-refractivity contribution in [3.8, 4) is 0 Å². The van der Waals surface area contributed by atoms with Crippen LogP contribution in [0.2, 0.25) is 5.02 Å². The molecule has 0 saturated carbocycles. The molecule has 0 amide bonds. The zero-order valence-corrected chi connectivity index (χ0v) is 10.2. The van der Waals surface area contributed by atoms with Crippen LogP contribution in [-0.2, 0) is 0 Å². The first-order valence-electron chi connectivity index (χ1n) is 4.95. The number of carbonyl (C=O) groups excluding carboxylic acids is 1. The SMILES string of the molecule is C=CC(=O)n1c(=O)oc2c(C)c(Cl)c(C)cc21. The third kappa shape index (κ3) is 1.61. The number of allylic oxidation sites excluding steroid dienone is 1. The number of hydrogen-bond acceptors (Lipinski definition) is 3. The standard InChI is InChI=1S/C12H10ClNO3/c1-4-9(15)14-8-5-6(2)10(13)7(3)11(8)17-12(14)16/h4-5H,1H2,2-3H3. The van der Waals surface area contributed by atoms with Crippen LogP contribution in [-0.4, -0.2) is 10.5 Å². The van der Waals surface area contributed by atoms with Crippen LogP contribution in [0.15, 0.2) is 27.9 Å². The maximum Gasteiger partial charge on any atom is 0.427 e. The second kappa shape index (κ2) is 3.89. The van der Waals surface area contributed by atoms with E-state index in [2.05, 4.69) is 6.58 Å². The molecule has 4 nitrogen and oxygen atoms in total. The van der Waals surface area contributed by atoms with E-state index in [9.17, 15) is 9.59 Å². The van der Waals surface area contributed by atoms with Crippen LogP contribution in [0, 0.1) is 13.8 Å². The molecule has 0 aliphatic heterocycles. The number of fused-ring (bicyclic) bond motifs is 1. The van der Waals surface area contributed by atoms with Crippen molar-refractivity contribution >= 4 is 28.6 Å². The van der Waals surface area contributed by atoms with Crippen LogP contribution >= 0.6 is 11.6 Å². The van der Waals surface area contributed by atoms with Gasteiger partial charge in [0.2, 0.25) is 0 Å². The summed E-state index contributed by atoms with van der Waals surface area (Å²) < 4.78 is 5.99. The Morgan fingerprint density at radius 2 is 2.18 bits per heavy atom. The molecule has 0 aliphatic carbocycles. The Kier molecular flexibility index (Phi) is 2.67. The van der Waals surface area contributed by atoms with Crippen molar-refractivity contribution in [3.05, 3.63) is 45.4 Å². The van der Waals surface area contributed by atoms with E-state index in [4.69, 9.17) is 16.0 Å². The highest BCUT2D eigenvalue weighted by Gasteiger charge is 2.17. The topological polar surface area (TPSA) is 52.2 Å². The minimum Gasteiger partial charge on any atom is -0.407 e. The van der Waals surface area contributed by atoms with Gasteiger partial charge in [-0.2, -0.15) is 0 Å². The predicted molar refractivity (Wildman–Crippen MR) is 65.8 cm³/mol. The Labute approximate surface area is 102 Å². The van der Waals surface area contributed by atoms with Crippen LogP contribution < -0.4 is 5.76 Å². The van der Waals surface area contributed by atoms with Gasteiger partial charge < -0.3 is 4.42 Å². The van der Waals surface area contributed by atoms with Crippen molar-refractivity contribution in [3.63, 3.8) is 0 Å². The summed E-state index contributed by atoms with van der Waals surface area (Å²) >= 11 is 6.06. The number of halogens is 1. The smallest absolute Gasteiger partial charge is 0.407 e. The maximum atomic E-state index is 11.6. The van der Waals surface area contributed by atoms with Gasteiger partial charge in [0.1, 0.15) is 0 Å². The molecule has 0 aliphatic rings. The van der Waals surface area contributed by atoms with Gasteiger partial charge in [0.25, 0.3) is 5.91 Å². The van der Waals surface area contributed by atoms with Gasteiger partial charge in [-0.25, -0.2) is 9.36 Å². The van der Waals surface area contributed by atoms with Crippen molar-refractivity contribution in [1.82, 2.24) is 4.57 Å². The second-order valence-electron chi connectivity index (χ2n) is 3.73. The highest BCUT2D eigenvalue weighted by atomic mass is 35.5. The molecule has 0 atom stereocenters. The Morgan fingerprint density at radius 1 is 1.53 bits per heavy atom. The van der Waals surface area contributed by atoms with E-state index in [0.717, 1.165) is 16.2 Å². The lowest BCUT2D eigenvalue weighted by molar-refractivity contribution is 0.0966. The van der Waals surface area contributed by atoms with Gasteiger partial charge in [0.15, 0.2) is 5.58 Å². The molecule has 2 rings (SSSR count). The summed E-state index contributed by atoms with van der Waals surface area (Å²) in [6.45, 7) is 6.89. The largest absolute Gasteiger partial charge is 0.427 e. The fourth-order valence-electron chi connectivity index (χ4n) is 1.75. The van der Waals surface area contributed by atoms with Gasteiger partial charge >= 0.3 is 5.76 Å². The van der Waals surface area contributed by atoms with Gasteiger partial charge in [0.05, 0.1) is 10.5 Å². The zero-order valence-electron chi connectivity index (χ0n) is 9.41. The molecular weight excluding hydrogens is 242 g/mol. The average Bonchev–Trinajstić information content (AvgIpc) is 2.62. The lowest BCUT2D eigenvalue weighted by atomic mass is 10.1. The summed E-state index contributed by atoms with van der Waals surface area (Å²) in [5.41, 5.74) is 2.18. The van der Waals surface area contributed by atoms with E-state index in [1.807, 2.05) is 0 Å². The summed E-state index contributed by atoms with van der Waals surface area (Å²) in [6, 6.07) is 1.65. The number of benzene rings is 1. The number of aromatic nitrogens is 1. The van der Waals surface area contributed by atoms with E-state index >= 15 is 0 Å². The Balaban J connectivity index is 2.98. The van der Waals surface area contributed by atoms with Gasteiger partial charge in [0, 0.05) is 5.56 Å². The molecule has 1 aromatic heterocycles. The van der Waals surface area contributed by atoms with Crippen LogP contribution in [0.3, 0.4) is 0 Å². The molecule has 0 fully saturated rings. The molecule has 0 saturated heterocycles. The molecule has 0 spiro atoms. The number of aryl methyl sites for hydroxylation is 2. The molecule has 0 N–H and O–H groups in total. The van der Waals surface area contributed by atoms with Gasteiger partial charge in [-0.1, -0.05) is 18.2 Å². The van der Waals surface area contributed by atoms with Crippen molar-refractivity contribution < 1.29 is 9.21 Å². The number of rotatable bonds is 1. The number of oxazole rings is 1. The summed E-state index contributed by atoms with van der Waals surface area (Å²) in [7, 11) is 0. The van der Waals surface area contributed by atoms with Crippen molar-refractivity contribution in [2.45, 2.75) is 13.8 Å². The first kappa shape index (κ1) is 11.7. The first-order valence-corrected chi connectivity index (χ1v) is 5.33. The Bertz CT molecular complexity index is 694. The van der Waals surface area contributed by atoms with Crippen LogP contribution in [0.25, 0.3) is 11.1 Å². The molecule has 17 heavy (non-hydrogen) atoms. The second-order valence-corrected chi connectivity index (χ2v) is 4.10. The van der Waals surface area contributed by atoms with Crippen molar-refractivity contribution in [2.24, 2.45) is 0 Å². The maximum absolute atomic E-state index is 11.6. The number of nitrogens with zero attached hydrogens (tertiary/aromatic N) is 1. The van der Waals surface area contributed by atoms with E-state index < -0.39 is 11.7 Å². The first-order chi connectivity index (χ1) is 7.97. The number of hydrogen-bond donors (Lipinski definition) is 0. The molecule has 5 heteroatoms.